The molecule has 4 heteroatoms. The van der Waals surface area contributed by atoms with Gasteiger partial charge in [0.25, 0.3) is 6.71 Å². The maximum atomic E-state index is 9.26. The molecule has 0 N–H and O–H groups in total. The fourth-order valence-electron chi connectivity index (χ4n) is 14.3. The van der Waals surface area contributed by atoms with Crippen LogP contribution in [0, 0.1) is 6.85 Å². The van der Waals surface area contributed by atoms with E-state index in [1.807, 2.05) is 23.5 Å². The molecule has 13 rings (SSSR count). The van der Waals surface area contributed by atoms with Crippen LogP contribution in [-0.4, -0.2) is 6.71 Å². The van der Waals surface area contributed by atoms with Crippen LogP contribution in [0.1, 0.15) is 126 Å². The molecule has 2 aliphatic carbocycles. The molecule has 0 atom stereocenters. The van der Waals surface area contributed by atoms with Gasteiger partial charge in [-0.2, -0.15) is 0 Å². The molecule has 4 aliphatic rings. The smallest absolute Gasteiger partial charge is 0.252 e. The van der Waals surface area contributed by atoms with Crippen molar-refractivity contribution in [2.24, 2.45) is 0 Å². The molecule has 0 unspecified atom stereocenters. The summed E-state index contributed by atoms with van der Waals surface area (Å²) in [4.78, 5) is 4.90. The Morgan fingerprint density at radius 1 is 0.493 bits per heavy atom. The van der Waals surface area contributed by atoms with Gasteiger partial charge in [0.15, 0.2) is 0 Å². The Hall–Kier alpha value is -6.36. The molecule has 2 aliphatic heterocycles. The van der Waals surface area contributed by atoms with Crippen molar-refractivity contribution in [1.82, 2.24) is 0 Å². The largest absolute Gasteiger partial charge is 0.311 e. The second-order valence-corrected chi connectivity index (χ2v) is 26.1. The maximum Gasteiger partial charge on any atom is 0.252 e. The summed E-state index contributed by atoms with van der Waals surface area (Å²) >= 11 is 1.86. The number of aryl methyl sites for hydroxylation is 1. The number of nitrogens with zero attached hydrogens (tertiary/aromatic N) is 2. The summed E-state index contributed by atoms with van der Waals surface area (Å²) in [6, 6.07) is 56.7. The van der Waals surface area contributed by atoms with E-state index in [0.717, 1.165) is 63.6 Å². The number of rotatable bonds is 4. The first kappa shape index (κ1) is 41.3. The van der Waals surface area contributed by atoms with Crippen molar-refractivity contribution in [2.75, 3.05) is 9.80 Å². The Labute approximate surface area is 430 Å². The van der Waals surface area contributed by atoms with Gasteiger partial charge in [-0.05, 0) is 174 Å². The summed E-state index contributed by atoms with van der Waals surface area (Å²) in [6.07, 6.45) is 2.09. The number of fused-ring (bicyclic) bond motifs is 9. The second kappa shape index (κ2) is 14.9. The average Bonchev–Trinajstić information content (AvgIpc) is 3.92. The lowest BCUT2D eigenvalue weighted by Gasteiger charge is -2.45. The second-order valence-electron chi connectivity index (χ2n) is 25.0. The molecule has 8 aromatic carbocycles. The highest BCUT2D eigenvalue weighted by molar-refractivity contribution is 7.26. The van der Waals surface area contributed by atoms with Crippen LogP contribution in [0.3, 0.4) is 0 Å². The quantitative estimate of drug-likeness (QED) is 0.162. The van der Waals surface area contributed by atoms with Gasteiger partial charge < -0.3 is 9.80 Å². The van der Waals surface area contributed by atoms with Gasteiger partial charge >= 0.3 is 0 Å². The zero-order valence-electron chi connectivity index (χ0n) is 46.2. The molecule has 71 heavy (non-hydrogen) atoms. The molecule has 2 nitrogen and oxygen atoms in total. The van der Waals surface area contributed by atoms with E-state index in [0.29, 0.717) is 5.56 Å². The molecule has 3 heterocycles. The molecule has 0 amide bonds. The lowest BCUT2D eigenvalue weighted by atomic mass is 9.33. The molecule has 352 valence electrons. The molecule has 9 aromatic rings. The fraction of sp³-hybridized carbons (Fsp3) is 0.284. The standard InChI is InChI=1S/C67H65BN2S/c1-40-31-57-62-58(32-40)70(54-30-26-43(63(2,3)4)34-47(54)41-19-14-13-15-20-41)55-29-25-42(45-22-18-24-60-61(45)46-21-16-17-23-59(46)71-60)33-52(55)68(62)53-36-50-51(67(11,12)39-66(50,9)10)37-56(53)69(57)44-27-28-48-49(35-44)65(7,8)38-64(48,5)6/h13-37H,38-39H2,1-12H3/i1D3. The first-order valence-electron chi connectivity index (χ1n) is 27.3. The van der Waals surface area contributed by atoms with Gasteiger partial charge in [-0.15, -0.1) is 11.3 Å². The van der Waals surface area contributed by atoms with Crippen molar-refractivity contribution in [3.63, 3.8) is 0 Å². The van der Waals surface area contributed by atoms with Gasteiger partial charge in [0, 0.05) is 58.3 Å². The fourth-order valence-corrected chi connectivity index (χ4v) is 15.5. The highest BCUT2D eigenvalue weighted by atomic mass is 32.1. The minimum atomic E-state index is -2.39. The summed E-state index contributed by atoms with van der Waals surface area (Å²) in [6.45, 7) is 23.4. The van der Waals surface area contributed by atoms with E-state index in [2.05, 4.69) is 225 Å². The van der Waals surface area contributed by atoms with E-state index >= 15 is 0 Å². The molecule has 0 spiro atoms. The Morgan fingerprint density at radius 3 is 1.86 bits per heavy atom. The summed E-state index contributed by atoms with van der Waals surface area (Å²) in [5, 5.41) is 2.56. The van der Waals surface area contributed by atoms with Crippen molar-refractivity contribution >= 4 is 88.7 Å². The Morgan fingerprint density at radius 2 is 1.13 bits per heavy atom. The van der Waals surface area contributed by atoms with Crippen molar-refractivity contribution in [3.8, 4) is 22.3 Å². The molecule has 1 aromatic heterocycles. The van der Waals surface area contributed by atoms with Gasteiger partial charge in [-0.3, -0.25) is 0 Å². The van der Waals surface area contributed by atoms with Gasteiger partial charge in [-0.1, -0.05) is 167 Å². The van der Waals surface area contributed by atoms with Crippen LogP contribution >= 0.6 is 11.3 Å². The zero-order valence-corrected chi connectivity index (χ0v) is 44.0. The van der Waals surface area contributed by atoms with Crippen LogP contribution < -0.4 is 26.2 Å². The van der Waals surface area contributed by atoms with Crippen LogP contribution in [0.5, 0.6) is 0 Å². The number of anilines is 6. The van der Waals surface area contributed by atoms with Crippen molar-refractivity contribution < 1.29 is 4.11 Å². The van der Waals surface area contributed by atoms with E-state index in [1.54, 1.807) is 0 Å². The predicted molar refractivity (Wildman–Crippen MR) is 309 cm³/mol. The third-order valence-electron chi connectivity index (χ3n) is 17.1. The normalized spacial score (nSPS) is 18.4. The third-order valence-corrected chi connectivity index (χ3v) is 18.2. The van der Waals surface area contributed by atoms with Crippen molar-refractivity contribution in [1.29, 1.82) is 0 Å². The predicted octanol–water partition coefficient (Wildman–Crippen LogP) is 17.0. The first-order chi connectivity index (χ1) is 34.9. The zero-order chi connectivity index (χ0) is 51.8. The van der Waals surface area contributed by atoms with E-state index < -0.39 is 6.85 Å². The van der Waals surface area contributed by atoms with Crippen LogP contribution in [0.25, 0.3) is 42.4 Å². The van der Waals surface area contributed by atoms with E-state index in [1.165, 1.54) is 70.0 Å². The molecule has 0 fully saturated rings. The Bertz CT molecular complexity index is 3850. The third kappa shape index (κ3) is 6.59. The molecular formula is C67H65BN2S. The monoisotopic (exact) mass is 944 g/mol. The summed E-state index contributed by atoms with van der Waals surface area (Å²) in [5.74, 6) is 0. The molecular weight excluding hydrogens is 876 g/mol. The Kier molecular flexibility index (Phi) is 8.64. The van der Waals surface area contributed by atoms with Crippen molar-refractivity contribution in [2.45, 2.75) is 123 Å². The summed E-state index contributed by atoms with van der Waals surface area (Å²) < 4.78 is 30.3. The molecule has 0 saturated carbocycles. The van der Waals surface area contributed by atoms with Crippen LogP contribution in [-0.2, 0) is 27.1 Å². The average molecular weight is 944 g/mol. The SMILES string of the molecule is [2H]C([2H])([2H])c1cc2c3c(c1)N(c1ccc(C(C)(C)C)cc1-c1ccccc1)c1ccc(-c4cccc5sc6ccccc6c45)cc1B3c1cc3c(cc1N2c1ccc2c(c1)C(C)(C)CC2(C)C)C(C)(C)CC3(C)C. The number of hydrogen-bond donors (Lipinski definition) is 0. The van der Waals surface area contributed by atoms with Gasteiger partial charge in [0.2, 0.25) is 0 Å². The summed E-state index contributed by atoms with van der Waals surface area (Å²) in [5.41, 5.74) is 21.2. The Balaban J connectivity index is 1.18. The van der Waals surface area contributed by atoms with Gasteiger partial charge in [0.1, 0.15) is 0 Å². The topological polar surface area (TPSA) is 6.48 Å². The minimum absolute atomic E-state index is 0.0274. The molecule has 0 radical (unpaired) electrons. The minimum Gasteiger partial charge on any atom is -0.311 e. The first-order valence-corrected chi connectivity index (χ1v) is 26.6. The summed E-state index contributed by atoms with van der Waals surface area (Å²) in [7, 11) is 0. The molecule has 0 bridgehead atoms. The van der Waals surface area contributed by atoms with Crippen LogP contribution in [0.15, 0.2) is 152 Å². The highest BCUT2D eigenvalue weighted by Crippen LogP contribution is 2.55. The van der Waals surface area contributed by atoms with Crippen LogP contribution in [0.2, 0.25) is 0 Å². The van der Waals surface area contributed by atoms with E-state index in [4.69, 9.17) is 0 Å². The number of thiophene rings is 1. The van der Waals surface area contributed by atoms with Gasteiger partial charge in [0.05, 0.1) is 5.69 Å². The van der Waals surface area contributed by atoms with Gasteiger partial charge in [-0.25, -0.2) is 0 Å². The van der Waals surface area contributed by atoms with Crippen LogP contribution in [0.4, 0.5) is 34.1 Å². The molecule has 0 saturated heterocycles. The van der Waals surface area contributed by atoms with E-state index in [-0.39, 0.29) is 33.8 Å². The number of benzene rings is 8. The number of hydrogen-bond acceptors (Lipinski definition) is 3. The highest BCUT2D eigenvalue weighted by Gasteiger charge is 2.49. The van der Waals surface area contributed by atoms with Crippen molar-refractivity contribution in [3.05, 3.63) is 185 Å². The lowest BCUT2D eigenvalue weighted by molar-refractivity contribution is 0.403. The maximum absolute atomic E-state index is 9.26. The van der Waals surface area contributed by atoms with E-state index in [9.17, 15) is 4.11 Å². The lowest BCUT2D eigenvalue weighted by Crippen LogP contribution is -2.61.